The molecule has 0 amide bonds. The van der Waals surface area contributed by atoms with Gasteiger partial charge in [0.25, 0.3) is 0 Å². The van der Waals surface area contributed by atoms with Crippen molar-refractivity contribution in [3.05, 3.63) is 228 Å². The molecular formula is C57H43N3. The molecule has 0 bridgehead atoms. The highest BCUT2D eigenvalue weighted by Gasteiger charge is 2.41. The molecule has 3 heteroatoms. The highest BCUT2D eigenvalue weighted by molar-refractivity contribution is 6.21. The van der Waals surface area contributed by atoms with E-state index >= 15 is 0 Å². The predicted octanol–water partition coefficient (Wildman–Crippen LogP) is 14.0. The van der Waals surface area contributed by atoms with Gasteiger partial charge < -0.3 is 9.88 Å². The van der Waals surface area contributed by atoms with Crippen molar-refractivity contribution in [3.8, 4) is 27.9 Å². The summed E-state index contributed by atoms with van der Waals surface area (Å²) in [5.74, 6) is 0. The molecule has 0 saturated carbocycles. The maximum Gasteiger partial charge on any atom is 0.104 e. The lowest BCUT2D eigenvalue weighted by molar-refractivity contribution is 0.443. The first kappa shape index (κ1) is 34.8. The fraction of sp³-hybridized carbons (Fsp3) is 0.0877. The van der Waals surface area contributed by atoms with Gasteiger partial charge in [0.2, 0.25) is 0 Å². The van der Waals surface area contributed by atoms with Crippen LogP contribution < -0.4 is 10.6 Å². The first-order chi connectivity index (χ1) is 29.5. The minimum absolute atomic E-state index is 0.0584. The Morgan fingerprint density at radius 1 is 0.467 bits per heavy atom. The summed E-state index contributed by atoms with van der Waals surface area (Å²) >= 11 is 0. The van der Waals surface area contributed by atoms with Crippen LogP contribution in [-0.2, 0) is 5.41 Å². The van der Waals surface area contributed by atoms with Crippen LogP contribution >= 0.6 is 0 Å². The Labute approximate surface area is 350 Å². The lowest BCUT2D eigenvalue weighted by Crippen LogP contribution is -2.39. The Kier molecular flexibility index (Phi) is 7.79. The van der Waals surface area contributed by atoms with Crippen LogP contribution in [0.1, 0.15) is 53.9 Å². The molecule has 2 N–H and O–H groups in total. The molecule has 0 radical (unpaired) electrons. The summed E-state index contributed by atoms with van der Waals surface area (Å²) in [5.41, 5.74) is 16.0. The molecule has 2 heterocycles. The highest BCUT2D eigenvalue weighted by atomic mass is 15.2. The van der Waals surface area contributed by atoms with Crippen LogP contribution in [0.15, 0.2) is 200 Å². The number of para-hydroxylation sites is 1. The van der Waals surface area contributed by atoms with Gasteiger partial charge in [-0.2, -0.15) is 0 Å². The fourth-order valence-electron chi connectivity index (χ4n) is 10.6. The van der Waals surface area contributed by atoms with E-state index < -0.39 is 0 Å². The number of aromatic nitrogens is 1. The Morgan fingerprint density at radius 3 is 1.85 bits per heavy atom. The highest BCUT2D eigenvalue weighted by Crippen LogP contribution is 2.57. The van der Waals surface area contributed by atoms with E-state index in [0.29, 0.717) is 0 Å². The number of rotatable bonds is 5. The van der Waals surface area contributed by atoms with Gasteiger partial charge in [0.1, 0.15) is 6.17 Å². The third-order valence-electron chi connectivity index (χ3n) is 13.2. The average molecular weight is 770 g/mol. The summed E-state index contributed by atoms with van der Waals surface area (Å²) in [5, 5.41) is 15.6. The van der Waals surface area contributed by atoms with Gasteiger partial charge in [-0.3, -0.25) is 5.32 Å². The molecule has 0 spiro atoms. The van der Waals surface area contributed by atoms with Gasteiger partial charge in [0, 0.05) is 27.6 Å². The normalized spacial score (nSPS) is 16.8. The van der Waals surface area contributed by atoms with E-state index in [0.717, 1.165) is 11.4 Å². The molecule has 1 aliphatic heterocycles. The maximum atomic E-state index is 3.91. The van der Waals surface area contributed by atoms with Crippen LogP contribution in [0.5, 0.6) is 0 Å². The van der Waals surface area contributed by atoms with Crippen LogP contribution in [0.25, 0.3) is 77.0 Å². The van der Waals surface area contributed by atoms with Crippen molar-refractivity contribution in [2.45, 2.75) is 31.5 Å². The molecule has 10 aromatic rings. The van der Waals surface area contributed by atoms with Crippen LogP contribution in [0.3, 0.4) is 0 Å². The number of nitrogens with one attached hydrogen (secondary N) is 2. The third kappa shape index (κ3) is 5.26. The van der Waals surface area contributed by atoms with E-state index in [-0.39, 0.29) is 17.6 Å². The van der Waals surface area contributed by atoms with Gasteiger partial charge in [0.05, 0.1) is 17.1 Å². The zero-order valence-electron chi connectivity index (χ0n) is 33.7. The molecule has 3 nitrogen and oxygen atoms in total. The Morgan fingerprint density at radius 2 is 1.07 bits per heavy atom. The summed E-state index contributed by atoms with van der Waals surface area (Å²) in [7, 11) is 0. The lowest BCUT2D eigenvalue weighted by Gasteiger charge is -2.33. The first-order valence-corrected chi connectivity index (χ1v) is 21.1. The van der Waals surface area contributed by atoms with Crippen LogP contribution in [-0.4, -0.2) is 4.57 Å². The van der Waals surface area contributed by atoms with Crippen molar-refractivity contribution in [1.82, 2.24) is 15.2 Å². The maximum absolute atomic E-state index is 3.91. The zero-order chi connectivity index (χ0) is 40.0. The van der Waals surface area contributed by atoms with E-state index in [2.05, 4.69) is 229 Å². The largest absolute Gasteiger partial charge is 0.366 e. The fourth-order valence-corrected chi connectivity index (χ4v) is 10.6. The number of fused-ring (bicyclic) bond motifs is 12. The van der Waals surface area contributed by atoms with Gasteiger partial charge in [-0.15, -0.1) is 0 Å². The van der Waals surface area contributed by atoms with E-state index in [9.17, 15) is 0 Å². The topological polar surface area (TPSA) is 29.0 Å². The van der Waals surface area contributed by atoms with Crippen molar-refractivity contribution < 1.29 is 0 Å². The van der Waals surface area contributed by atoms with Crippen LogP contribution in [0.4, 0.5) is 0 Å². The SMILES string of the molecule is CC1(C)c2c(c3ccccc3c3ccccc23)-c2ccc3c4ccccc4n(-c4cccc(-c5cccc(C6NC(c7ccccc7)=CC(c7ccccc7)N6)c5)c4)c3c21. The molecular weight excluding hydrogens is 727 g/mol. The minimum atomic E-state index is -0.253. The smallest absolute Gasteiger partial charge is 0.104 e. The molecule has 286 valence electrons. The minimum Gasteiger partial charge on any atom is -0.366 e. The van der Waals surface area contributed by atoms with E-state index in [4.69, 9.17) is 0 Å². The van der Waals surface area contributed by atoms with Crippen molar-refractivity contribution in [2.24, 2.45) is 0 Å². The molecule has 9 aromatic carbocycles. The first-order valence-electron chi connectivity index (χ1n) is 21.1. The predicted molar refractivity (Wildman–Crippen MR) is 251 cm³/mol. The van der Waals surface area contributed by atoms with Gasteiger partial charge in [-0.05, 0) is 102 Å². The Balaban J connectivity index is 1.01. The second kappa shape index (κ2) is 13.4. The van der Waals surface area contributed by atoms with E-state index in [1.54, 1.807) is 0 Å². The average Bonchev–Trinajstić information content (AvgIpc) is 3.78. The summed E-state index contributed by atoms with van der Waals surface area (Å²) in [4.78, 5) is 0. The van der Waals surface area contributed by atoms with Crippen LogP contribution in [0.2, 0.25) is 0 Å². The number of hydrogen-bond acceptors (Lipinski definition) is 2. The summed E-state index contributed by atoms with van der Waals surface area (Å²) in [6.07, 6.45) is 2.22. The lowest BCUT2D eigenvalue weighted by atomic mass is 9.78. The molecule has 1 aliphatic carbocycles. The number of hydrogen-bond donors (Lipinski definition) is 2. The van der Waals surface area contributed by atoms with Crippen molar-refractivity contribution in [3.63, 3.8) is 0 Å². The summed E-state index contributed by atoms with van der Waals surface area (Å²) in [6.45, 7) is 4.88. The van der Waals surface area contributed by atoms with Crippen molar-refractivity contribution in [1.29, 1.82) is 0 Å². The quantitative estimate of drug-likeness (QED) is 0.171. The van der Waals surface area contributed by atoms with E-state index in [1.165, 1.54) is 93.4 Å². The summed E-state index contributed by atoms with van der Waals surface area (Å²) < 4.78 is 2.54. The molecule has 0 saturated heterocycles. The summed E-state index contributed by atoms with van der Waals surface area (Å²) in [6, 6.07) is 71.3. The molecule has 60 heavy (non-hydrogen) atoms. The molecule has 2 aliphatic rings. The Bertz CT molecular complexity index is 3350. The molecule has 2 atom stereocenters. The second-order valence-electron chi connectivity index (χ2n) is 17.0. The van der Waals surface area contributed by atoms with Crippen molar-refractivity contribution >= 4 is 49.0 Å². The van der Waals surface area contributed by atoms with Gasteiger partial charge in [-0.25, -0.2) is 0 Å². The van der Waals surface area contributed by atoms with Gasteiger partial charge in [0.15, 0.2) is 0 Å². The standard InChI is InChI=1S/C57H43N3/c1-57(2)53-46-29-12-10-26-43(46)42-25-9-11-28-45(42)52(53)48-32-31-47-44-27-13-14-30-51(44)60(55(47)54(48)57)41-24-16-22-39(34-41)38-21-15-23-40(33-38)56-58-49(36-17-5-3-6-18-36)35-50(59-56)37-19-7-4-8-20-37/h3-35,49,56,58-59H,1-2H3. The molecule has 1 aromatic heterocycles. The number of nitrogens with zero attached hydrogens (tertiary/aromatic N) is 1. The van der Waals surface area contributed by atoms with Gasteiger partial charge >= 0.3 is 0 Å². The third-order valence-corrected chi connectivity index (χ3v) is 13.2. The second-order valence-corrected chi connectivity index (χ2v) is 17.0. The molecule has 0 fully saturated rings. The Hall–Kier alpha value is -7.20. The van der Waals surface area contributed by atoms with Crippen molar-refractivity contribution in [2.75, 3.05) is 0 Å². The van der Waals surface area contributed by atoms with E-state index in [1.807, 2.05) is 0 Å². The monoisotopic (exact) mass is 769 g/mol. The zero-order valence-corrected chi connectivity index (χ0v) is 33.7. The molecule has 2 unspecified atom stereocenters. The molecule has 12 rings (SSSR count). The van der Waals surface area contributed by atoms with Gasteiger partial charge in [-0.1, -0.05) is 184 Å². The number of benzene rings is 9. The van der Waals surface area contributed by atoms with Crippen LogP contribution in [0, 0.1) is 0 Å².